The highest BCUT2D eigenvalue weighted by atomic mass is 32.2. The lowest BCUT2D eigenvalue weighted by atomic mass is 10.2. The molecule has 0 saturated carbocycles. The molecule has 25 heavy (non-hydrogen) atoms. The number of hydrogen-bond acceptors (Lipinski definition) is 4. The van der Waals surface area contributed by atoms with Crippen LogP contribution in [0.4, 0.5) is 0 Å². The van der Waals surface area contributed by atoms with Gasteiger partial charge in [0.05, 0.1) is 21.2 Å². The summed E-state index contributed by atoms with van der Waals surface area (Å²) in [7, 11) is -3.52. The van der Waals surface area contributed by atoms with Crippen LogP contribution in [0.1, 0.15) is 35.0 Å². The van der Waals surface area contributed by atoms with Gasteiger partial charge >= 0.3 is 0 Å². The molecule has 1 saturated heterocycles. The van der Waals surface area contributed by atoms with E-state index in [-0.39, 0.29) is 6.04 Å². The van der Waals surface area contributed by atoms with Crippen LogP contribution < -0.4 is 0 Å². The van der Waals surface area contributed by atoms with Crippen LogP contribution in [-0.2, 0) is 10.0 Å². The predicted octanol–water partition coefficient (Wildman–Crippen LogP) is 4.44. The van der Waals surface area contributed by atoms with Crippen LogP contribution in [0.2, 0.25) is 0 Å². The zero-order valence-corrected chi connectivity index (χ0v) is 15.9. The summed E-state index contributed by atoms with van der Waals surface area (Å²) in [5, 5.41) is 0.895. The smallest absolute Gasteiger partial charge is 0.239 e. The van der Waals surface area contributed by atoms with Crippen molar-refractivity contribution in [1.82, 2.24) is 9.29 Å². The van der Waals surface area contributed by atoms with Gasteiger partial charge in [-0.2, -0.15) is 4.31 Å². The van der Waals surface area contributed by atoms with Gasteiger partial charge in [-0.25, -0.2) is 13.4 Å². The topological polar surface area (TPSA) is 50.3 Å². The number of nitrogens with zero attached hydrogens (tertiary/aromatic N) is 2. The van der Waals surface area contributed by atoms with Gasteiger partial charge in [-0.15, -0.1) is 11.3 Å². The van der Waals surface area contributed by atoms with E-state index in [0.29, 0.717) is 11.4 Å². The Morgan fingerprint density at radius 3 is 2.72 bits per heavy atom. The summed E-state index contributed by atoms with van der Waals surface area (Å²) >= 11 is 1.60. The number of para-hydroxylation sites is 1. The number of rotatable bonds is 3. The van der Waals surface area contributed by atoms with Crippen molar-refractivity contribution in [3.63, 3.8) is 0 Å². The van der Waals surface area contributed by atoms with Gasteiger partial charge in [0.15, 0.2) is 0 Å². The van der Waals surface area contributed by atoms with Gasteiger partial charge in [0.1, 0.15) is 5.01 Å². The third kappa shape index (κ3) is 2.88. The molecule has 0 unspecified atom stereocenters. The van der Waals surface area contributed by atoms with E-state index >= 15 is 0 Å². The fourth-order valence-corrected chi connectivity index (χ4v) is 6.57. The summed E-state index contributed by atoms with van der Waals surface area (Å²) in [6.45, 7) is 4.39. The second kappa shape index (κ2) is 6.20. The van der Waals surface area contributed by atoms with E-state index in [2.05, 4.69) is 0 Å². The SMILES string of the molecule is Cc1ccc(S(=O)(=O)N2CCC[C@H]2c2nc3ccccc3s2)c(C)c1. The first kappa shape index (κ1) is 16.7. The summed E-state index contributed by atoms with van der Waals surface area (Å²) < 4.78 is 29.3. The van der Waals surface area contributed by atoms with Crippen molar-refractivity contribution >= 4 is 31.6 Å². The zero-order valence-electron chi connectivity index (χ0n) is 14.3. The molecule has 0 spiro atoms. The Balaban J connectivity index is 1.75. The van der Waals surface area contributed by atoms with Crippen molar-refractivity contribution in [2.24, 2.45) is 0 Å². The minimum Gasteiger partial charge on any atom is -0.239 e. The molecule has 1 atom stereocenters. The van der Waals surface area contributed by atoms with E-state index in [1.54, 1.807) is 21.7 Å². The molecule has 6 heteroatoms. The number of benzene rings is 2. The summed E-state index contributed by atoms with van der Waals surface area (Å²) in [6.07, 6.45) is 1.69. The van der Waals surface area contributed by atoms with Gasteiger partial charge in [0, 0.05) is 6.54 Å². The Morgan fingerprint density at radius 2 is 1.96 bits per heavy atom. The van der Waals surface area contributed by atoms with Gasteiger partial charge in [0.2, 0.25) is 10.0 Å². The van der Waals surface area contributed by atoms with E-state index in [4.69, 9.17) is 4.98 Å². The van der Waals surface area contributed by atoms with Crippen molar-refractivity contribution in [1.29, 1.82) is 0 Å². The molecule has 0 N–H and O–H groups in total. The Bertz CT molecular complexity index is 1010. The lowest BCUT2D eigenvalue weighted by molar-refractivity contribution is 0.396. The highest BCUT2D eigenvalue weighted by molar-refractivity contribution is 7.89. The quantitative estimate of drug-likeness (QED) is 0.683. The molecule has 4 nitrogen and oxygen atoms in total. The fraction of sp³-hybridized carbons (Fsp3) is 0.316. The van der Waals surface area contributed by atoms with E-state index in [1.165, 1.54) is 0 Å². The second-order valence-corrected chi connectivity index (χ2v) is 9.48. The number of thiazole rings is 1. The minimum atomic E-state index is -3.52. The molecular weight excluding hydrogens is 352 g/mol. The minimum absolute atomic E-state index is 0.164. The monoisotopic (exact) mass is 372 g/mol. The summed E-state index contributed by atoms with van der Waals surface area (Å²) in [5.74, 6) is 0. The second-order valence-electron chi connectivity index (χ2n) is 6.56. The Hall–Kier alpha value is -1.76. The molecule has 1 fully saturated rings. The molecule has 0 aliphatic carbocycles. The number of aromatic nitrogens is 1. The Kier molecular flexibility index (Phi) is 4.14. The van der Waals surface area contributed by atoms with Gasteiger partial charge in [-0.1, -0.05) is 29.8 Å². The maximum absolute atomic E-state index is 13.3. The van der Waals surface area contributed by atoms with Crippen LogP contribution >= 0.6 is 11.3 Å². The third-order valence-electron chi connectivity index (χ3n) is 4.72. The number of fused-ring (bicyclic) bond motifs is 1. The first-order valence-electron chi connectivity index (χ1n) is 8.41. The van der Waals surface area contributed by atoms with Crippen LogP contribution in [-0.4, -0.2) is 24.3 Å². The van der Waals surface area contributed by atoms with Crippen LogP contribution in [0.3, 0.4) is 0 Å². The molecular formula is C19H20N2O2S2. The molecule has 1 aliphatic rings. The molecule has 1 aromatic heterocycles. The fourth-order valence-electron chi connectivity index (χ4n) is 3.52. The molecule has 1 aliphatic heterocycles. The first-order chi connectivity index (χ1) is 12.0. The maximum atomic E-state index is 13.3. The summed E-state index contributed by atoms with van der Waals surface area (Å²) in [4.78, 5) is 5.11. The molecule has 0 radical (unpaired) electrons. The van der Waals surface area contributed by atoms with E-state index in [1.807, 2.05) is 50.2 Å². The van der Waals surface area contributed by atoms with Crippen molar-refractivity contribution in [3.05, 3.63) is 58.6 Å². The van der Waals surface area contributed by atoms with Crippen LogP contribution in [0.15, 0.2) is 47.4 Å². The molecule has 0 bridgehead atoms. The molecule has 3 aromatic rings. The summed E-state index contributed by atoms with van der Waals surface area (Å²) in [5.41, 5.74) is 2.81. The maximum Gasteiger partial charge on any atom is 0.243 e. The normalized spacial score (nSPS) is 18.9. The Morgan fingerprint density at radius 1 is 1.16 bits per heavy atom. The van der Waals surface area contributed by atoms with Gasteiger partial charge in [-0.3, -0.25) is 0 Å². The lowest BCUT2D eigenvalue weighted by Crippen LogP contribution is -2.31. The molecule has 4 rings (SSSR count). The molecule has 0 amide bonds. The van der Waals surface area contributed by atoms with Crippen molar-refractivity contribution < 1.29 is 8.42 Å². The van der Waals surface area contributed by atoms with E-state index in [9.17, 15) is 8.42 Å². The highest BCUT2D eigenvalue weighted by Crippen LogP contribution is 2.40. The predicted molar refractivity (Wildman–Crippen MR) is 101 cm³/mol. The van der Waals surface area contributed by atoms with Gasteiger partial charge in [0.25, 0.3) is 0 Å². The van der Waals surface area contributed by atoms with E-state index < -0.39 is 10.0 Å². The average molecular weight is 373 g/mol. The molecule has 2 heterocycles. The average Bonchev–Trinajstić information content (AvgIpc) is 3.21. The van der Waals surface area contributed by atoms with Crippen LogP contribution in [0.5, 0.6) is 0 Å². The van der Waals surface area contributed by atoms with E-state index in [0.717, 1.165) is 39.2 Å². The molecule has 130 valence electrons. The third-order valence-corrected chi connectivity index (χ3v) is 7.92. The van der Waals surface area contributed by atoms with Gasteiger partial charge in [-0.05, 0) is 50.5 Å². The van der Waals surface area contributed by atoms with Crippen molar-refractivity contribution in [2.45, 2.75) is 37.6 Å². The summed E-state index contributed by atoms with van der Waals surface area (Å²) in [6, 6.07) is 13.3. The number of aryl methyl sites for hydroxylation is 2. The molecule has 2 aromatic carbocycles. The van der Waals surface area contributed by atoms with Crippen molar-refractivity contribution in [2.75, 3.05) is 6.54 Å². The number of hydrogen-bond donors (Lipinski definition) is 0. The number of sulfonamides is 1. The standard InChI is InChI=1S/C19H20N2O2S2/c1-13-9-10-18(14(2)12-13)25(22,23)21-11-5-7-16(21)19-20-15-6-3-4-8-17(15)24-19/h3-4,6,8-10,12,16H,5,7,11H2,1-2H3/t16-/m0/s1. The van der Waals surface area contributed by atoms with Crippen LogP contribution in [0.25, 0.3) is 10.2 Å². The van der Waals surface area contributed by atoms with Crippen molar-refractivity contribution in [3.8, 4) is 0 Å². The lowest BCUT2D eigenvalue weighted by Gasteiger charge is -2.23. The first-order valence-corrected chi connectivity index (χ1v) is 10.7. The Labute approximate surface area is 152 Å². The van der Waals surface area contributed by atoms with Gasteiger partial charge < -0.3 is 0 Å². The largest absolute Gasteiger partial charge is 0.243 e. The highest BCUT2D eigenvalue weighted by Gasteiger charge is 2.38. The zero-order chi connectivity index (χ0) is 17.6. The van der Waals surface area contributed by atoms with Crippen LogP contribution in [0, 0.1) is 13.8 Å².